The Labute approximate surface area is 138 Å². The molecule has 0 saturated carbocycles. The predicted octanol–water partition coefficient (Wildman–Crippen LogP) is 1.29. The van der Waals surface area contributed by atoms with Gasteiger partial charge in [0.2, 0.25) is 5.91 Å². The number of carbonyl (C=O) groups is 1. The van der Waals surface area contributed by atoms with E-state index in [9.17, 15) is 13.2 Å². The van der Waals surface area contributed by atoms with Crippen molar-refractivity contribution >= 4 is 27.5 Å². The summed E-state index contributed by atoms with van der Waals surface area (Å²) in [6, 6.07) is 0. The van der Waals surface area contributed by atoms with Gasteiger partial charge in [-0.3, -0.25) is 4.79 Å². The monoisotopic (exact) mass is 348 g/mol. The lowest BCUT2D eigenvalue weighted by molar-refractivity contribution is -0.134. The van der Waals surface area contributed by atoms with Gasteiger partial charge in [-0.2, -0.15) is 11.8 Å². The summed E-state index contributed by atoms with van der Waals surface area (Å²) in [7, 11) is -3.42. The minimum Gasteiger partial charge on any atom is -0.340 e. The highest BCUT2D eigenvalue weighted by Gasteiger charge is 2.50. The van der Waals surface area contributed by atoms with Crippen molar-refractivity contribution in [2.45, 2.75) is 49.0 Å². The average molecular weight is 349 g/mol. The normalized spacial score (nSPS) is 26.5. The molecule has 5 nitrogen and oxygen atoms in total. The van der Waals surface area contributed by atoms with E-state index >= 15 is 0 Å². The Balaban J connectivity index is 2.22. The highest BCUT2D eigenvalue weighted by molar-refractivity contribution is 7.99. The molecule has 1 amide bonds. The van der Waals surface area contributed by atoms with Gasteiger partial charge < -0.3 is 10.2 Å². The van der Waals surface area contributed by atoms with E-state index < -0.39 is 14.6 Å². The van der Waals surface area contributed by atoms with Gasteiger partial charge in [-0.15, -0.1) is 0 Å². The zero-order chi connectivity index (χ0) is 16.2. The third-order valence-electron chi connectivity index (χ3n) is 4.83. The van der Waals surface area contributed by atoms with Crippen LogP contribution in [0.15, 0.2) is 0 Å². The largest absolute Gasteiger partial charge is 0.340 e. The molecule has 1 atom stereocenters. The van der Waals surface area contributed by atoms with Crippen LogP contribution in [0.5, 0.6) is 0 Å². The van der Waals surface area contributed by atoms with Gasteiger partial charge in [-0.25, -0.2) is 8.42 Å². The number of rotatable bonds is 4. The number of piperidine rings is 1. The summed E-state index contributed by atoms with van der Waals surface area (Å²) in [5.74, 6) is 0.883. The molecule has 128 valence electrons. The average Bonchev–Trinajstić information content (AvgIpc) is 2.72. The van der Waals surface area contributed by atoms with Crippen molar-refractivity contribution in [1.82, 2.24) is 10.2 Å². The van der Waals surface area contributed by atoms with E-state index in [4.69, 9.17) is 0 Å². The van der Waals surface area contributed by atoms with Crippen LogP contribution in [-0.2, 0) is 14.6 Å². The first-order valence-corrected chi connectivity index (χ1v) is 11.2. The maximum absolute atomic E-state index is 13.1. The zero-order valence-electron chi connectivity index (χ0n) is 13.6. The van der Waals surface area contributed by atoms with Crippen LogP contribution in [0.3, 0.4) is 0 Å². The van der Waals surface area contributed by atoms with Gasteiger partial charge >= 0.3 is 0 Å². The minimum atomic E-state index is -3.42. The molecule has 22 heavy (non-hydrogen) atoms. The smallest absolute Gasteiger partial charge is 0.244 e. The van der Waals surface area contributed by atoms with Crippen molar-refractivity contribution in [2.75, 3.05) is 38.2 Å². The van der Waals surface area contributed by atoms with Crippen LogP contribution in [-0.4, -0.2) is 67.4 Å². The number of amides is 1. The Hall–Kier alpha value is -0.270. The Kier molecular flexibility index (Phi) is 6.19. The molecule has 0 spiro atoms. The molecule has 2 fully saturated rings. The molecule has 0 aromatic heterocycles. The number of likely N-dealkylation sites (tertiary alicyclic amines) is 1. The number of carbonyl (C=O) groups excluding carboxylic acids is 1. The van der Waals surface area contributed by atoms with Gasteiger partial charge in [-0.1, -0.05) is 13.3 Å². The van der Waals surface area contributed by atoms with Gasteiger partial charge in [-0.05, 0) is 44.5 Å². The fourth-order valence-corrected chi connectivity index (χ4v) is 6.00. The Morgan fingerprint density at radius 3 is 2.59 bits per heavy atom. The van der Waals surface area contributed by atoms with Crippen LogP contribution >= 0.6 is 11.8 Å². The topological polar surface area (TPSA) is 66.5 Å². The van der Waals surface area contributed by atoms with E-state index in [1.807, 2.05) is 16.7 Å². The number of sulfone groups is 1. The second-order valence-electron chi connectivity index (χ2n) is 6.34. The molecule has 2 heterocycles. The van der Waals surface area contributed by atoms with Crippen LogP contribution in [0.25, 0.3) is 0 Å². The molecule has 2 saturated heterocycles. The number of thioether (sulfide) groups is 1. The lowest BCUT2D eigenvalue weighted by atomic mass is 9.95. The molecule has 1 N–H and O–H groups in total. The molecule has 1 unspecified atom stereocenters. The summed E-state index contributed by atoms with van der Waals surface area (Å²) < 4.78 is 23.6. The van der Waals surface area contributed by atoms with Crippen molar-refractivity contribution in [2.24, 2.45) is 0 Å². The minimum absolute atomic E-state index is 0.153. The maximum Gasteiger partial charge on any atom is 0.244 e. The van der Waals surface area contributed by atoms with Gasteiger partial charge in [0, 0.05) is 24.6 Å². The van der Waals surface area contributed by atoms with Gasteiger partial charge in [0.1, 0.15) is 0 Å². The van der Waals surface area contributed by atoms with Gasteiger partial charge in [0.25, 0.3) is 0 Å². The van der Waals surface area contributed by atoms with Crippen molar-refractivity contribution in [1.29, 1.82) is 0 Å². The Morgan fingerprint density at radius 1 is 1.32 bits per heavy atom. The predicted molar refractivity (Wildman–Crippen MR) is 92.0 cm³/mol. The highest BCUT2D eigenvalue weighted by Crippen LogP contribution is 2.32. The van der Waals surface area contributed by atoms with E-state index in [1.54, 1.807) is 0 Å². The fourth-order valence-electron chi connectivity index (χ4n) is 3.52. The molecule has 2 rings (SSSR count). The zero-order valence-corrected chi connectivity index (χ0v) is 15.3. The maximum atomic E-state index is 13.1. The molecule has 0 aromatic carbocycles. The fraction of sp³-hybridized carbons (Fsp3) is 0.933. The first-order valence-electron chi connectivity index (χ1n) is 8.22. The van der Waals surface area contributed by atoms with Crippen LogP contribution in [0.2, 0.25) is 0 Å². The molecule has 0 aromatic rings. The molecule has 2 aliphatic rings. The molecular formula is C15H28N2O3S2. The highest BCUT2D eigenvalue weighted by atomic mass is 32.2. The third kappa shape index (κ3) is 3.79. The summed E-state index contributed by atoms with van der Waals surface area (Å²) in [5.41, 5.74) is 0. The molecule has 0 aliphatic carbocycles. The van der Waals surface area contributed by atoms with Crippen molar-refractivity contribution < 1.29 is 13.2 Å². The summed E-state index contributed by atoms with van der Waals surface area (Å²) in [4.78, 5) is 15.0. The standard InChI is InChI=1S/C15H28N2O3S2/c1-3-21-13-6-4-5-11-17(12-13)14(18)15(22(2,19)20)7-9-16-10-8-15/h13,16H,3-12H2,1-2H3. The van der Waals surface area contributed by atoms with Crippen molar-refractivity contribution in [3.05, 3.63) is 0 Å². The quantitative estimate of drug-likeness (QED) is 0.829. The van der Waals surface area contributed by atoms with Crippen LogP contribution in [0.1, 0.15) is 39.0 Å². The van der Waals surface area contributed by atoms with Crippen molar-refractivity contribution in [3.63, 3.8) is 0 Å². The van der Waals surface area contributed by atoms with Gasteiger partial charge in [0.05, 0.1) is 0 Å². The van der Waals surface area contributed by atoms with Crippen LogP contribution in [0, 0.1) is 0 Å². The first kappa shape index (κ1) is 18.1. The summed E-state index contributed by atoms with van der Waals surface area (Å²) in [6.07, 6.45) is 5.24. The number of hydrogen-bond donors (Lipinski definition) is 1. The summed E-state index contributed by atoms with van der Waals surface area (Å²) >= 11 is 1.88. The van der Waals surface area contributed by atoms with E-state index in [0.29, 0.717) is 44.3 Å². The van der Waals surface area contributed by atoms with E-state index in [0.717, 1.165) is 25.0 Å². The molecule has 2 aliphatic heterocycles. The number of nitrogens with one attached hydrogen (secondary N) is 1. The van der Waals surface area contributed by atoms with E-state index in [-0.39, 0.29) is 5.91 Å². The number of nitrogens with zero attached hydrogens (tertiary/aromatic N) is 1. The van der Waals surface area contributed by atoms with Crippen molar-refractivity contribution in [3.8, 4) is 0 Å². The second kappa shape index (κ2) is 7.53. The SMILES string of the molecule is CCSC1CCCCN(C(=O)C2(S(C)(=O)=O)CCNCC2)C1. The first-order chi connectivity index (χ1) is 10.4. The molecule has 0 bridgehead atoms. The third-order valence-corrected chi connectivity index (χ3v) is 8.02. The second-order valence-corrected chi connectivity index (χ2v) is 10.2. The Morgan fingerprint density at radius 2 is 2.00 bits per heavy atom. The molecular weight excluding hydrogens is 320 g/mol. The van der Waals surface area contributed by atoms with E-state index in [2.05, 4.69) is 12.2 Å². The number of hydrogen-bond acceptors (Lipinski definition) is 5. The molecule has 7 heteroatoms. The van der Waals surface area contributed by atoms with Crippen LogP contribution in [0.4, 0.5) is 0 Å². The lowest BCUT2D eigenvalue weighted by Crippen LogP contribution is -2.58. The lowest BCUT2D eigenvalue weighted by Gasteiger charge is -2.39. The summed E-state index contributed by atoms with van der Waals surface area (Å²) in [5, 5.41) is 3.61. The molecule has 0 radical (unpaired) electrons. The van der Waals surface area contributed by atoms with E-state index in [1.165, 1.54) is 6.26 Å². The van der Waals surface area contributed by atoms with Crippen LogP contribution < -0.4 is 5.32 Å². The summed E-state index contributed by atoms with van der Waals surface area (Å²) in [6.45, 7) is 4.72. The Bertz CT molecular complexity index is 487. The van der Waals surface area contributed by atoms with Gasteiger partial charge in [0.15, 0.2) is 14.6 Å².